The first-order chi connectivity index (χ1) is 17.3. The van der Waals surface area contributed by atoms with Crippen molar-refractivity contribution in [1.82, 2.24) is 5.32 Å². The van der Waals surface area contributed by atoms with Gasteiger partial charge in [-0.3, -0.25) is 9.59 Å². The van der Waals surface area contributed by atoms with Crippen molar-refractivity contribution in [3.05, 3.63) is 54.6 Å². The number of anilines is 3. The van der Waals surface area contributed by atoms with E-state index in [1.165, 1.54) is 19.3 Å². The van der Waals surface area contributed by atoms with Crippen LogP contribution in [0.15, 0.2) is 54.6 Å². The number of rotatable bonds is 7. The molecule has 6 rings (SSSR count). The summed E-state index contributed by atoms with van der Waals surface area (Å²) in [6.45, 7) is 3.91. The van der Waals surface area contributed by atoms with Crippen molar-refractivity contribution < 1.29 is 14.4 Å². The van der Waals surface area contributed by atoms with Crippen molar-refractivity contribution in [2.24, 2.45) is 29.1 Å². The minimum Gasteiger partial charge on any atom is -0.344 e. The van der Waals surface area contributed by atoms with Crippen molar-refractivity contribution in [3.63, 3.8) is 0 Å². The highest BCUT2D eigenvalue weighted by molar-refractivity contribution is 6.01. The van der Waals surface area contributed by atoms with E-state index < -0.39 is 6.04 Å². The zero-order chi connectivity index (χ0) is 25.3. The Kier molecular flexibility index (Phi) is 6.73. The number of nitrogens with one attached hydrogen (secondary N) is 4. The summed E-state index contributed by atoms with van der Waals surface area (Å²) in [4.78, 5) is 39.2. The van der Waals surface area contributed by atoms with Gasteiger partial charge < -0.3 is 21.3 Å². The highest BCUT2D eigenvalue weighted by Gasteiger charge is 2.55. The average molecular weight is 489 g/mol. The van der Waals surface area contributed by atoms with Crippen LogP contribution in [0.3, 0.4) is 0 Å². The molecule has 0 aliphatic heterocycles. The Labute approximate surface area is 212 Å². The van der Waals surface area contributed by atoms with E-state index >= 15 is 0 Å². The van der Waals surface area contributed by atoms with E-state index in [4.69, 9.17) is 0 Å². The topological polar surface area (TPSA) is 99.3 Å². The first kappa shape index (κ1) is 24.3. The van der Waals surface area contributed by atoms with E-state index in [1.807, 2.05) is 32.0 Å². The summed E-state index contributed by atoms with van der Waals surface area (Å²) in [5.41, 5.74) is 1.51. The lowest BCUT2D eigenvalue weighted by molar-refractivity contribution is -0.148. The number of hydrogen-bond donors (Lipinski definition) is 4. The summed E-state index contributed by atoms with van der Waals surface area (Å²) in [5, 5.41) is 11.6. The fourth-order valence-electron chi connectivity index (χ4n) is 6.93. The smallest absolute Gasteiger partial charge is 0.323 e. The lowest BCUT2D eigenvalue weighted by Crippen LogP contribution is -2.57. The van der Waals surface area contributed by atoms with Crippen molar-refractivity contribution in [2.75, 3.05) is 16.0 Å². The van der Waals surface area contributed by atoms with Gasteiger partial charge >= 0.3 is 6.03 Å². The Hall–Kier alpha value is -3.35. The number of hydrogen-bond acceptors (Lipinski definition) is 3. The molecule has 0 aromatic heterocycles. The summed E-state index contributed by atoms with van der Waals surface area (Å²) in [6.07, 6.45) is 6.72. The third kappa shape index (κ3) is 5.25. The predicted octanol–water partition coefficient (Wildman–Crippen LogP) is 5.63. The SMILES string of the molecule is CC(C)C(NC(=O)C12CC3CC(CC(C3)C1)C2)C(=O)Nc1cccc(NC(=O)Nc2ccccc2)c1. The van der Waals surface area contributed by atoms with Gasteiger partial charge in [-0.25, -0.2) is 4.79 Å². The molecule has 0 radical (unpaired) electrons. The molecule has 1 unspecified atom stereocenters. The van der Waals surface area contributed by atoms with Gasteiger partial charge in [0.25, 0.3) is 0 Å². The Balaban J connectivity index is 1.21. The highest BCUT2D eigenvalue weighted by Crippen LogP contribution is 2.60. The first-order valence-electron chi connectivity index (χ1n) is 13.1. The normalized spacial score (nSPS) is 26.8. The maximum Gasteiger partial charge on any atom is 0.323 e. The zero-order valence-corrected chi connectivity index (χ0v) is 21.1. The fraction of sp³-hybridized carbons (Fsp3) is 0.483. The molecule has 7 heteroatoms. The number of carbonyl (C=O) groups excluding carboxylic acids is 3. The standard InChI is InChI=1S/C29H36N4O3/c1-18(2)25(33-27(35)29-15-19-11-20(16-29)13-21(12-19)17-29)26(34)30-23-9-6-10-24(14-23)32-28(36)31-22-7-4-3-5-8-22/h3-10,14,18-21,25H,11-13,15-17H2,1-2H3,(H,30,34)(H,33,35)(H2,31,32,36). The first-order valence-corrected chi connectivity index (χ1v) is 13.1. The molecule has 4 saturated carbocycles. The van der Waals surface area contributed by atoms with E-state index in [0.717, 1.165) is 19.3 Å². The molecular formula is C29H36N4O3. The summed E-state index contributed by atoms with van der Waals surface area (Å²) in [7, 11) is 0. The lowest BCUT2D eigenvalue weighted by Gasteiger charge is -2.55. The minimum absolute atomic E-state index is 0.0548. The molecule has 0 saturated heterocycles. The predicted molar refractivity (Wildman–Crippen MR) is 142 cm³/mol. The van der Waals surface area contributed by atoms with E-state index in [1.54, 1.807) is 36.4 Å². The van der Waals surface area contributed by atoms with Crippen LogP contribution in [-0.2, 0) is 9.59 Å². The van der Waals surface area contributed by atoms with Gasteiger partial charge in [0.15, 0.2) is 0 Å². The van der Waals surface area contributed by atoms with Crippen molar-refractivity contribution >= 4 is 34.9 Å². The fourth-order valence-corrected chi connectivity index (χ4v) is 6.93. The quantitative estimate of drug-likeness (QED) is 0.407. The maximum atomic E-state index is 13.5. The molecular weight excluding hydrogens is 452 g/mol. The lowest BCUT2D eigenvalue weighted by atomic mass is 9.49. The third-order valence-electron chi connectivity index (χ3n) is 8.18. The maximum absolute atomic E-state index is 13.5. The Morgan fingerprint density at radius 3 is 1.86 bits per heavy atom. The van der Waals surface area contributed by atoms with Crippen LogP contribution in [0.25, 0.3) is 0 Å². The van der Waals surface area contributed by atoms with Gasteiger partial charge in [-0.05, 0) is 92.5 Å². The Bertz CT molecular complexity index is 1100. The molecule has 4 aliphatic carbocycles. The van der Waals surface area contributed by atoms with Gasteiger partial charge in [0.05, 0.1) is 0 Å². The van der Waals surface area contributed by atoms with Gasteiger partial charge in [0, 0.05) is 22.5 Å². The van der Waals surface area contributed by atoms with Crippen LogP contribution in [-0.4, -0.2) is 23.9 Å². The molecule has 4 fully saturated rings. The third-order valence-corrected chi connectivity index (χ3v) is 8.18. The molecule has 4 amide bonds. The molecule has 4 aliphatic rings. The van der Waals surface area contributed by atoms with Crippen molar-refractivity contribution in [3.8, 4) is 0 Å². The van der Waals surface area contributed by atoms with Crippen LogP contribution in [0.5, 0.6) is 0 Å². The zero-order valence-electron chi connectivity index (χ0n) is 21.1. The minimum atomic E-state index is -0.622. The molecule has 7 nitrogen and oxygen atoms in total. The molecule has 0 heterocycles. The second-order valence-corrected chi connectivity index (χ2v) is 11.4. The number of amides is 4. The molecule has 190 valence electrons. The van der Waals surface area contributed by atoms with Gasteiger partial charge in [-0.2, -0.15) is 0 Å². The van der Waals surface area contributed by atoms with E-state index in [9.17, 15) is 14.4 Å². The molecule has 2 aromatic carbocycles. The summed E-state index contributed by atoms with van der Waals surface area (Å²) >= 11 is 0. The van der Waals surface area contributed by atoms with Crippen molar-refractivity contribution in [2.45, 2.75) is 58.4 Å². The van der Waals surface area contributed by atoms with Crippen LogP contribution in [0.2, 0.25) is 0 Å². The average Bonchev–Trinajstić information content (AvgIpc) is 2.82. The number of urea groups is 1. The van der Waals surface area contributed by atoms with Crippen LogP contribution >= 0.6 is 0 Å². The second-order valence-electron chi connectivity index (χ2n) is 11.4. The van der Waals surface area contributed by atoms with E-state index in [0.29, 0.717) is 34.8 Å². The van der Waals surface area contributed by atoms with Gasteiger partial charge in [0.2, 0.25) is 11.8 Å². The molecule has 1 atom stereocenters. The number of para-hydroxylation sites is 1. The number of benzene rings is 2. The number of carbonyl (C=O) groups is 3. The molecule has 2 aromatic rings. The van der Waals surface area contributed by atoms with Gasteiger partial charge in [-0.15, -0.1) is 0 Å². The summed E-state index contributed by atoms with van der Waals surface area (Å²) in [6, 6.07) is 15.2. The summed E-state index contributed by atoms with van der Waals surface area (Å²) in [5.74, 6) is 1.77. The van der Waals surface area contributed by atoms with E-state index in [2.05, 4.69) is 21.3 Å². The van der Waals surface area contributed by atoms with Gasteiger partial charge in [0.1, 0.15) is 6.04 Å². The Morgan fingerprint density at radius 2 is 1.28 bits per heavy atom. The van der Waals surface area contributed by atoms with Crippen LogP contribution in [0.1, 0.15) is 52.4 Å². The van der Waals surface area contributed by atoms with E-state index in [-0.39, 0.29) is 29.2 Å². The molecule has 4 bridgehead atoms. The molecule has 0 spiro atoms. The Morgan fingerprint density at radius 1 is 0.750 bits per heavy atom. The van der Waals surface area contributed by atoms with Crippen LogP contribution in [0, 0.1) is 29.1 Å². The van der Waals surface area contributed by atoms with Crippen LogP contribution in [0.4, 0.5) is 21.9 Å². The van der Waals surface area contributed by atoms with Crippen molar-refractivity contribution in [1.29, 1.82) is 0 Å². The summed E-state index contributed by atoms with van der Waals surface area (Å²) < 4.78 is 0. The van der Waals surface area contributed by atoms with Crippen LogP contribution < -0.4 is 21.3 Å². The monoisotopic (exact) mass is 488 g/mol. The molecule has 4 N–H and O–H groups in total. The van der Waals surface area contributed by atoms with Gasteiger partial charge in [-0.1, -0.05) is 38.1 Å². The molecule has 36 heavy (non-hydrogen) atoms. The second kappa shape index (κ2) is 9.96. The largest absolute Gasteiger partial charge is 0.344 e. The highest BCUT2D eigenvalue weighted by atomic mass is 16.2.